The first-order chi connectivity index (χ1) is 13.0. The van der Waals surface area contributed by atoms with Crippen molar-refractivity contribution in [3.63, 3.8) is 0 Å². The molecule has 2 aromatic carbocycles. The summed E-state index contributed by atoms with van der Waals surface area (Å²) in [7, 11) is 1.56. The van der Waals surface area contributed by atoms with Crippen LogP contribution in [-0.4, -0.2) is 24.2 Å². The molecule has 0 radical (unpaired) electrons. The molecule has 1 aliphatic rings. The van der Waals surface area contributed by atoms with Gasteiger partial charge in [0.15, 0.2) is 0 Å². The number of thioether (sulfide) groups is 1. The maximum Gasteiger partial charge on any atom is 0.269 e. The maximum absolute atomic E-state index is 12.7. The van der Waals surface area contributed by atoms with Gasteiger partial charge in [0.1, 0.15) is 22.4 Å². The number of amides is 2. The molecule has 1 saturated heterocycles. The summed E-state index contributed by atoms with van der Waals surface area (Å²) in [5.74, 6) is -0.0778. The molecule has 136 valence electrons. The summed E-state index contributed by atoms with van der Waals surface area (Å²) < 4.78 is 5.14. The second-order valence-electron chi connectivity index (χ2n) is 5.74. The van der Waals surface area contributed by atoms with Crippen LogP contribution in [0.1, 0.15) is 6.92 Å². The molecule has 1 heterocycles. The molecule has 3 rings (SSSR count). The van der Waals surface area contributed by atoms with E-state index in [1.54, 1.807) is 62.6 Å². The van der Waals surface area contributed by atoms with Gasteiger partial charge in [-0.3, -0.25) is 14.5 Å². The molecule has 1 fully saturated rings. The molecular weight excluding hydrogens is 362 g/mol. The van der Waals surface area contributed by atoms with Crippen molar-refractivity contribution in [2.24, 2.45) is 0 Å². The Morgan fingerprint density at radius 1 is 1.19 bits per heavy atom. The third kappa shape index (κ3) is 3.81. The highest BCUT2D eigenvalue weighted by molar-refractivity contribution is 8.05. The molecule has 0 aromatic heterocycles. The van der Waals surface area contributed by atoms with Crippen molar-refractivity contribution in [2.45, 2.75) is 12.2 Å². The van der Waals surface area contributed by atoms with Crippen LogP contribution >= 0.6 is 11.8 Å². The van der Waals surface area contributed by atoms with E-state index in [1.165, 1.54) is 16.7 Å². The predicted molar refractivity (Wildman–Crippen MR) is 105 cm³/mol. The number of nitriles is 1. The van der Waals surface area contributed by atoms with Gasteiger partial charge in [0.25, 0.3) is 5.91 Å². The summed E-state index contributed by atoms with van der Waals surface area (Å²) in [6, 6.07) is 17.7. The zero-order valence-corrected chi connectivity index (χ0v) is 15.6. The summed E-state index contributed by atoms with van der Waals surface area (Å²) in [6.07, 6.45) is 0. The van der Waals surface area contributed by atoms with Gasteiger partial charge in [0.2, 0.25) is 5.91 Å². The average Bonchev–Trinajstić information content (AvgIpc) is 2.97. The first-order valence-electron chi connectivity index (χ1n) is 8.20. The lowest BCUT2D eigenvalue weighted by molar-refractivity contribution is -0.116. The molecule has 7 heteroatoms. The Labute approximate surface area is 161 Å². The number of anilines is 2. The lowest BCUT2D eigenvalue weighted by atomic mass is 10.2. The molecular formula is C20H17N3O3S. The van der Waals surface area contributed by atoms with Crippen molar-refractivity contribution >= 4 is 35.0 Å². The number of carbonyl (C=O) groups is 2. The van der Waals surface area contributed by atoms with Gasteiger partial charge in [0, 0.05) is 11.4 Å². The fourth-order valence-electron chi connectivity index (χ4n) is 2.61. The minimum atomic E-state index is -0.549. The monoisotopic (exact) mass is 379 g/mol. The van der Waals surface area contributed by atoms with Crippen LogP contribution in [0.2, 0.25) is 0 Å². The number of hydrogen-bond acceptors (Lipinski definition) is 5. The summed E-state index contributed by atoms with van der Waals surface area (Å²) in [6.45, 7) is 1.75. The Morgan fingerprint density at radius 2 is 1.85 bits per heavy atom. The van der Waals surface area contributed by atoms with Crippen molar-refractivity contribution in [3.8, 4) is 11.8 Å². The number of hydrogen-bond donors (Lipinski definition) is 1. The smallest absolute Gasteiger partial charge is 0.269 e. The topological polar surface area (TPSA) is 82.4 Å². The minimum absolute atomic E-state index is 0.0997. The highest BCUT2D eigenvalue weighted by Gasteiger charge is 2.38. The van der Waals surface area contributed by atoms with Crippen molar-refractivity contribution in [1.29, 1.82) is 5.26 Å². The summed E-state index contributed by atoms with van der Waals surface area (Å²) in [5, 5.41) is 12.2. The molecule has 2 aromatic rings. The van der Waals surface area contributed by atoms with Gasteiger partial charge in [-0.2, -0.15) is 5.26 Å². The van der Waals surface area contributed by atoms with Crippen LogP contribution in [0, 0.1) is 11.3 Å². The van der Waals surface area contributed by atoms with Crippen LogP contribution in [0.4, 0.5) is 11.4 Å². The van der Waals surface area contributed by atoms with Crippen LogP contribution in [-0.2, 0) is 9.59 Å². The Hall–Kier alpha value is -3.24. The molecule has 0 spiro atoms. The molecule has 1 N–H and O–H groups in total. The zero-order chi connectivity index (χ0) is 19.4. The summed E-state index contributed by atoms with van der Waals surface area (Å²) in [5.41, 5.74) is 1.06. The number of methoxy groups -OCH3 is 1. The van der Waals surface area contributed by atoms with Crippen LogP contribution in [0.5, 0.6) is 5.75 Å². The molecule has 1 aliphatic heterocycles. The van der Waals surface area contributed by atoms with E-state index in [2.05, 4.69) is 5.32 Å². The van der Waals surface area contributed by atoms with Crippen LogP contribution in [0.25, 0.3) is 0 Å². The Kier molecular flexibility index (Phi) is 5.48. The van der Waals surface area contributed by atoms with Gasteiger partial charge < -0.3 is 10.1 Å². The lowest BCUT2D eigenvalue weighted by Gasteiger charge is -2.19. The van der Waals surface area contributed by atoms with Crippen molar-refractivity contribution in [1.82, 2.24) is 0 Å². The number of nitrogens with one attached hydrogen (secondary N) is 1. The number of benzene rings is 2. The Bertz CT molecular complexity index is 933. The third-order valence-corrected chi connectivity index (χ3v) is 5.14. The van der Waals surface area contributed by atoms with E-state index >= 15 is 0 Å². The SMILES string of the molecule is COc1ccc(N2C(=O)C(C)S/C2=C(/C#N)C(=O)Nc2ccccc2)cc1. The Balaban J connectivity index is 1.99. The zero-order valence-electron chi connectivity index (χ0n) is 14.8. The first kappa shape index (κ1) is 18.5. The van der Waals surface area contributed by atoms with Gasteiger partial charge in [-0.05, 0) is 43.3 Å². The molecule has 2 amide bonds. The number of rotatable bonds is 4. The molecule has 27 heavy (non-hydrogen) atoms. The highest BCUT2D eigenvalue weighted by atomic mass is 32.2. The average molecular weight is 379 g/mol. The number of carbonyl (C=O) groups excluding carboxylic acids is 2. The van der Waals surface area contributed by atoms with E-state index < -0.39 is 11.2 Å². The number of para-hydroxylation sites is 1. The standard InChI is InChI=1S/C20H17N3O3S/c1-13-19(25)23(15-8-10-16(26-2)11-9-15)20(27-13)17(12-21)18(24)22-14-6-4-3-5-7-14/h3-11,13H,1-2H3,(H,22,24)/b20-17-. The molecule has 0 aliphatic carbocycles. The van der Waals surface area contributed by atoms with E-state index in [1.807, 2.05) is 12.1 Å². The number of ether oxygens (including phenoxy) is 1. The van der Waals surface area contributed by atoms with Gasteiger partial charge in [0.05, 0.1) is 12.4 Å². The Morgan fingerprint density at radius 3 is 2.44 bits per heavy atom. The van der Waals surface area contributed by atoms with Gasteiger partial charge in [-0.15, -0.1) is 0 Å². The fraction of sp³-hybridized carbons (Fsp3) is 0.150. The molecule has 1 unspecified atom stereocenters. The van der Waals surface area contributed by atoms with Crippen molar-refractivity contribution < 1.29 is 14.3 Å². The van der Waals surface area contributed by atoms with E-state index in [-0.39, 0.29) is 11.5 Å². The van der Waals surface area contributed by atoms with E-state index in [9.17, 15) is 14.9 Å². The summed E-state index contributed by atoms with van der Waals surface area (Å²) in [4.78, 5) is 26.7. The fourth-order valence-corrected chi connectivity index (χ4v) is 3.71. The molecule has 0 bridgehead atoms. The highest BCUT2D eigenvalue weighted by Crippen LogP contribution is 2.40. The van der Waals surface area contributed by atoms with Crippen molar-refractivity contribution in [3.05, 3.63) is 65.2 Å². The normalized spacial score (nSPS) is 18.0. The lowest BCUT2D eigenvalue weighted by Crippen LogP contribution is -2.29. The van der Waals surface area contributed by atoms with Crippen LogP contribution in [0.15, 0.2) is 65.2 Å². The van der Waals surface area contributed by atoms with Crippen LogP contribution < -0.4 is 15.0 Å². The second kappa shape index (κ2) is 7.98. The number of nitrogens with zero attached hydrogens (tertiary/aromatic N) is 2. The second-order valence-corrected chi connectivity index (χ2v) is 7.07. The minimum Gasteiger partial charge on any atom is -0.497 e. The third-order valence-electron chi connectivity index (χ3n) is 3.97. The van der Waals surface area contributed by atoms with Crippen molar-refractivity contribution in [2.75, 3.05) is 17.3 Å². The van der Waals surface area contributed by atoms with Gasteiger partial charge in [-0.25, -0.2) is 0 Å². The first-order valence-corrected chi connectivity index (χ1v) is 9.08. The van der Waals surface area contributed by atoms with Crippen LogP contribution in [0.3, 0.4) is 0 Å². The largest absolute Gasteiger partial charge is 0.497 e. The van der Waals surface area contributed by atoms with Gasteiger partial charge >= 0.3 is 0 Å². The van der Waals surface area contributed by atoms with Gasteiger partial charge in [-0.1, -0.05) is 30.0 Å². The maximum atomic E-state index is 12.7. The van der Waals surface area contributed by atoms with E-state index in [0.29, 0.717) is 22.2 Å². The molecule has 0 saturated carbocycles. The predicted octanol–water partition coefficient (Wildman–Crippen LogP) is 3.54. The summed E-state index contributed by atoms with van der Waals surface area (Å²) >= 11 is 1.20. The molecule has 1 atom stereocenters. The van der Waals surface area contributed by atoms with E-state index in [4.69, 9.17) is 4.74 Å². The van der Waals surface area contributed by atoms with E-state index in [0.717, 1.165) is 0 Å². The quantitative estimate of drug-likeness (QED) is 0.649. The molecule has 6 nitrogen and oxygen atoms in total.